The molecule has 1 aliphatic rings. The van der Waals surface area contributed by atoms with Crippen LogP contribution < -0.4 is 0 Å². The summed E-state index contributed by atoms with van der Waals surface area (Å²) in [6, 6.07) is 5.57. The Morgan fingerprint density at radius 2 is 2.00 bits per heavy atom. The zero-order valence-corrected chi connectivity index (χ0v) is 19.4. The van der Waals surface area contributed by atoms with E-state index in [0.29, 0.717) is 40.1 Å². The van der Waals surface area contributed by atoms with Crippen molar-refractivity contribution in [2.45, 2.75) is 51.7 Å². The van der Waals surface area contributed by atoms with E-state index in [2.05, 4.69) is 27.5 Å². The smallest absolute Gasteiger partial charge is 0.144 e. The van der Waals surface area contributed by atoms with Crippen LogP contribution in [0.2, 0.25) is 5.02 Å². The monoisotopic (exact) mass is 453 g/mol. The van der Waals surface area contributed by atoms with E-state index in [4.69, 9.17) is 21.3 Å². The minimum absolute atomic E-state index is 0.102. The van der Waals surface area contributed by atoms with Crippen molar-refractivity contribution in [3.05, 3.63) is 41.1 Å². The van der Waals surface area contributed by atoms with Crippen molar-refractivity contribution >= 4 is 22.6 Å². The average molecular weight is 454 g/mol. The lowest BCUT2D eigenvalue weighted by Gasteiger charge is -2.29. The largest absolute Gasteiger partial charge is 0.381 e. The number of aromatic nitrogens is 4. The van der Waals surface area contributed by atoms with Gasteiger partial charge in [-0.2, -0.15) is 5.26 Å². The van der Waals surface area contributed by atoms with Crippen molar-refractivity contribution < 1.29 is 9.84 Å². The lowest BCUT2D eigenvalue weighted by molar-refractivity contribution is -0.0299. The first-order valence-corrected chi connectivity index (χ1v) is 11.3. The number of hydrogen-bond donors (Lipinski definition) is 1. The van der Waals surface area contributed by atoms with Crippen LogP contribution >= 0.6 is 11.6 Å². The third kappa shape index (κ3) is 4.49. The highest BCUT2D eigenvalue weighted by Gasteiger charge is 2.33. The van der Waals surface area contributed by atoms with Gasteiger partial charge in [-0.25, -0.2) is 9.97 Å². The fourth-order valence-electron chi connectivity index (χ4n) is 4.66. The summed E-state index contributed by atoms with van der Waals surface area (Å²) in [5, 5.41) is 21.3. The van der Waals surface area contributed by atoms with E-state index in [1.165, 1.54) is 12.8 Å². The predicted octanol–water partition coefficient (Wildman–Crippen LogP) is 4.70. The second kappa shape index (κ2) is 9.14. The van der Waals surface area contributed by atoms with Crippen molar-refractivity contribution in [1.29, 1.82) is 5.26 Å². The van der Waals surface area contributed by atoms with Gasteiger partial charge in [0.2, 0.25) is 0 Å². The number of nitriles is 1. The molecule has 0 bridgehead atoms. The van der Waals surface area contributed by atoms with Gasteiger partial charge in [-0.15, -0.1) is 0 Å². The average Bonchev–Trinajstić information content (AvgIpc) is 3.14. The summed E-state index contributed by atoms with van der Waals surface area (Å²) in [5.41, 5.74) is 1.63. The van der Waals surface area contributed by atoms with Gasteiger partial charge in [0.05, 0.1) is 28.4 Å². The SMILES string of the molecule is COCC(C)(O)c1nc2cc(C#N)nc(-c3cncc(Cl)c3)c2n1C[C@H]1CC[C@H](C)CC1. The maximum absolute atomic E-state index is 11.2. The van der Waals surface area contributed by atoms with Crippen LogP contribution in [-0.2, 0) is 16.9 Å². The fourth-order valence-corrected chi connectivity index (χ4v) is 4.83. The number of ether oxygens (including phenoxy) is 1. The highest BCUT2D eigenvalue weighted by Crippen LogP contribution is 2.36. The number of aliphatic hydroxyl groups is 1. The summed E-state index contributed by atoms with van der Waals surface area (Å²) in [6.45, 7) is 4.82. The molecule has 0 aliphatic heterocycles. The van der Waals surface area contributed by atoms with Gasteiger partial charge in [0, 0.05) is 37.7 Å². The number of methoxy groups -OCH3 is 1. The van der Waals surface area contributed by atoms with Crippen molar-refractivity contribution in [1.82, 2.24) is 19.5 Å². The minimum atomic E-state index is -1.30. The number of fused-ring (bicyclic) bond motifs is 1. The van der Waals surface area contributed by atoms with Crippen LogP contribution in [0.4, 0.5) is 0 Å². The van der Waals surface area contributed by atoms with Crippen LogP contribution in [0.3, 0.4) is 0 Å². The first kappa shape index (κ1) is 22.7. The van der Waals surface area contributed by atoms with E-state index in [1.807, 2.05) is 0 Å². The first-order chi connectivity index (χ1) is 15.3. The summed E-state index contributed by atoms with van der Waals surface area (Å²) in [5.74, 6) is 1.73. The molecule has 1 saturated carbocycles. The van der Waals surface area contributed by atoms with Crippen molar-refractivity contribution in [2.75, 3.05) is 13.7 Å². The molecule has 168 valence electrons. The molecule has 0 spiro atoms. The van der Waals surface area contributed by atoms with E-state index in [1.54, 1.807) is 38.6 Å². The van der Waals surface area contributed by atoms with E-state index in [0.717, 1.165) is 24.3 Å². The molecule has 3 aromatic heterocycles. The molecule has 1 atom stereocenters. The maximum Gasteiger partial charge on any atom is 0.144 e. The third-order valence-corrected chi connectivity index (χ3v) is 6.51. The van der Waals surface area contributed by atoms with Gasteiger partial charge in [-0.1, -0.05) is 31.4 Å². The number of imidazole rings is 1. The van der Waals surface area contributed by atoms with Gasteiger partial charge in [-0.05, 0) is 37.7 Å². The third-order valence-electron chi connectivity index (χ3n) is 6.30. The van der Waals surface area contributed by atoms with E-state index < -0.39 is 5.60 Å². The number of rotatable bonds is 6. The zero-order valence-electron chi connectivity index (χ0n) is 18.7. The Balaban J connectivity index is 1.95. The second-order valence-corrected chi connectivity index (χ2v) is 9.54. The summed E-state index contributed by atoms with van der Waals surface area (Å²) >= 11 is 6.21. The zero-order chi connectivity index (χ0) is 22.9. The molecule has 1 aliphatic carbocycles. The molecule has 0 saturated heterocycles. The van der Waals surface area contributed by atoms with Crippen LogP contribution in [0, 0.1) is 23.2 Å². The first-order valence-electron chi connectivity index (χ1n) is 11.0. The molecule has 0 radical (unpaired) electrons. The number of pyridine rings is 2. The highest BCUT2D eigenvalue weighted by atomic mass is 35.5. The maximum atomic E-state index is 11.2. The molecular formula is C24H28ClN5O2. The van der Waals surface area contributed by atoms with Gasteiger partial charge in [0.25, 0.3) is 0 Å². The van der Waals surface area contributed by atoms with Crippen LogP contribution in [0.5, 0.6) is 0 Å². The predicted molar refractivity (Wildman–Crippen MR) is 123 cm³/mol. The van der Waals surface area contributed by atoms with Crippen molar-refractivity contribution in [3.63, 3.8) is 0 Å². The Morgan fingerprint density at radius 1 is 1.25 bits per heavy atom. The molecule has 8 heteroatoms. The van der Waals surface area contributed by atoms with Gasteiger partial charge >= 0.3 is 0 Å². The molecule has 1 unspecified atom stereocenters. The summed E-state index contributed by atoms with van der Waals surface area (Å²) < 4.78 is 7.36. The van der Waals surface area contributed by atoms with Crippen LogP contribution in [0.25, 0.3) is 22.3 Å². The lowest BCUT2D eigenvalue weighted by Crippen LogP contribution is -2.32. The Morgan fingerprint density at radius 3 is 2.66 bits per heavy atom. The van der Waals surface area contributed by atoms with Crippen LogP contribution in [0.1, 0.15) is 51.0 Å². The Bertz CT molecular complexity index is 1160. The Hall–Kier alpha value is -2.53. The molecule has 1 N–H and O–H groups in total. The number of hydrogen-bond acceptors (Lipinski definition) is 6. The molecule has 0 amide bonds. The summed E-state index contributed by atoms with van der Waals surface area (Å²) in [7, 11) is 1.56. The van der Waals surface area contributed by atoms with Gasteiger partial charge in [0.1, 0.15) is 23.2 Å². The Labute approximate surface area is 193 Å². The lowest BCUT2D eigenvalue weighted by atomic mass is 9.83. The van der Waals surface area contributed by atoms with E-state index >= 15 is 0 Å². The molecular weight excluding hydrogens is 426 g/mol. The molecule has 32 heavy (non-hydrogen) atoms. The molecule has 0 aromatic carbocycles. The van der Waals surface area contributed by atoms with E-state index in [-0.39, 0.29) is 12.3 Å². The van der Waals surface area contributed by atoms with Crippen molar-refractivity contribution in [2.24, 2.45) is 11.8 Å². The summed E-state index contributed by atoms with van der Waals surface area (Å²) in [4.78, 5) is 13.6. The number of nitrogens with zero attached hydrogens (tertiary/aromatic N) is 5. The van der Waals surface area contributed by atoms with Gasteiger partial charge in [0.15, 0.2) is 0 Å². The van der Waals surface area contributed by atoms with Crippen molar-refractivity contribution in [3.8, 4) is 17.3 Å². The minimum Gasteiger partial charge on any atom is -0.381 e. The highest BCUT2D eigenvalue weighted by molar-refractivity contribution is 6.30. The molecule has 3 aromatic rings. The van der Waals surface area contributed by atoms with Crippen LogP contribution in [0.15, 0.2) is 24.5 Å². The molecule has 4 rings (SSSR count). The van der Waals surface area contributed by atoms with Gasteiger partial charge in [-0.3, -0.25) is 4.98 Å². The van der Waals surface area contributed by atoms with E-state index in [9.17, 15) is 10.4 Å². The molecule has 3 heterocycles. The molecule has 7 nitrogen and oxygen atoms in total. The topological polar surface area (TPSA) is 96.8 Å². The standard InChI is InChI=1S/C24H28ClN5O2/c1-15-4-6-16(7-5-15)13-30-22-20(29-23(30)24(2,31)14-32-3)9-19(10-26)28-21(22)17-8-18(25)12-27-11-17/h8-9,11-12,15-16,31H,4-7,13-14H2,1-3H3/t15-,16-,24?. The Kier molecular flexibility index (Phi) is 6.47. The normalized spacial score (nSPS) is 20.8. The summed E-state index contributed by atoms with van der Waals surface area (Å²) in [6.07, 6.45) is 7.90. The van der Waals surface area contributed by atoms with Gasteiger partial charge < -0.3 is 14.4 Å². The second-order valence-electron chi connectivity index (χ2n) is 9.11. The molecule has 1 fully saturated rings. The fraction of sp³-hybridized carbons (Fsp3) is 0.500. The van der Waals surface area contributed by atoms with Crippen LogP contribution in [-0.4, -0.2) is 38.3 Å². The number of halogens is 1. The quantitative estimate of drug-likeness (QED) is 0.581.